The van der Waals surface area contributed by atoms with Crippen molar-refractivity contribution in [1.82, 2.24) is 0 Å². The van der Waals surface area contributed by atoms with Crippen LogP contribution >= 0.6 is 11.6 Å². The smallest absolute Gasteiger partial charge is 0.248 e. The van der Waals surface area contributed by atoms with Crippen molar-refractivity contribution in [3.63, 3.8) is 0 Å². The average Bonchev–Trinajstić information content (AvgIpc) is 2.67. The van der Waals surface area contributed by atoms with Gasteiger partial charge in [-0.15, -0.1) is 0 Å². The van der Waals surface area contributed by atoms with Crippen LogP contribution in [0.25, 0.3) is 0 Å². The summed E-state index contributed by atoms with van der Waals surface area (Å²) in [4.78, 5) is 12.8. The van der Waals surface area contributed by atoms with E-state index in [0.717, 1.165) is 10.6 Å². The molecule has 0 aliphatic rings. The van der Waals surface area contributed by atoms with Crippen molar-refractivity contribution in [3.8, 4) is 17.2 Å². The molecule has 2 aromatic carbocycles. The van der Waals surface area contributed by atoms with Crippen molar-refractivity contribution in [2.45, 2.75) is 13.0 Å². The van der Waals surface area contributed by atoms with Gasteiger partial charge in [-0.3, -0.25) is 9.10 Å². The van der Waals surface area contributed by atoms with E-state index in [2.05, 4.69) is 5.32 Å². The minimum Gasteiger partial charge on any atom is -0.497 e. The van der Waals surface area contributed by atoms with Gasteiger partial charge in [0.25, 0.3) is 0 Å². The number of nitrogens with one attached hydrogen (secondary N) is 1. The molecule has 0 fully saturated rings. The SMILES string of the molecule is COc1ccc(NC(=O)[C@@H](C)N(c2ccc(OC)c(Cl)c2)S(C)(=O)=O)c(OC)c1. The molecule has 1 atom stereocenters. The Labute approximate surface area is 175 Å². The summed E-state index contributed by atoms with van der Waals surface area (Å²) in [5, 5.41) is 2.91. The van der Waals surface area contributed by atoms with Crippen LogP contribution in [0.4, 0.5) is 11.4 Å². The van der Waals surface area contributed by atoms with Crippen molar-refractivity contribution in [1.29, 1.82) is 0 Å². The maximum atomic E-state index is 12.8. The number of hydrogen-bond acceptors (Lipinski definition) is 6. The highest BCUT2D eigenvalue weighted by Crippen LogP contribution is 2.32. The summed E-state index contributed by atoms with van der Waals surface area (Å²) >= 11 is 6.13. The fourth-order valence-corrected chi connectivity index (χ4v) is 4.16. The van der Waals surface area contributed by atoms with Gasteiger partial charge in [-0.2, -0.15) is 0 Å². The minimum atomic E-state index is -3.80. The van der Waals surface area contributed by atoms with Crippen LogP contribution in [-0.2, 0) is 14.8 Å². The molecule has 0 aliphatic carbocycles. The van der Waals surface area contributed by atoms with Gasteiger partial charge in [0.05, 0.1) is 44.0 Å². The van der Waals surface area contributed by atoms with Gasteiger partial charge in [0, 0.05) is 6.07 Å². The zero-order valence-electron chi connectivity index (χ0n) is 16.7. The number of ether oxygens (including phenoxy) is 3. The van der Waals surface area contributed by atoms with Crippen LogP contribution in [0.2, 0.25) is 5.02 Å². The number of methoxy groups -OCH3 is 3. The third kappa shape index (κ3) is 5.24. The summed E-state index contributed by atoms with van der Waals surface area (Å²) in [7, 11) is 0.624. The number of hydrogen-bond donors (Lipinski definition) is 1. The van der Waals surface area contributed by atoms with Crippen molar-refractivity contribution >= 4 is 38.9 Å². The predicted molar refractivity (Wildman–Crippen MR) is 113 cm³/mol. The zero-order valence-corrected chi connectivity index (χ0v) is 18.3. The Morgan fingerprint density at radius 3 is 2.21 bits per heavy atom. The lowest BCUT2D eigenvalue weighted by atomic mass is 10.2. The topological polar surface area (TPSA) is 94.2 Å². The first-order valence-electron chi connectivity index (χ1n) is 8.48. The summed E-state index contributed by atoms with van der Waals surface area (Å²) in [6, 6.07) is 8.28. The van der Waals surface area contributed by atoms with E-state index >= 15 is 0 Å². The third-order valence-electron chi connectivity index (χ3n) is 4.14. The zero-order chi connectivity index (χ0) is 21.8. The van der Waals surface area contributed by atoms with E-state index in [0.29, 0.717) is 22.9 Å². The summed E-state index contributed by atoms with van der Waals surface area (Å²) in [6.45, 7) is 1.48. The first-order valence-corrected chi connectivity index (χ1v) is 10.7. The molecule has 0 spiro atoms. The molecule has 10 heteroatoms. The number of nitrogens with zero attached hydrogens (tertiary/aromatic N) is 1. The predicted octanol–water partition coefficient (Wildman–Crippen LogP) is 3.16. The lowest BCUT2D eigenvalue weighted by molar-refractivity contribution is -0.116. The first kappa shape index (κ1) is 22.6. The Morgan fingerprint density at radius 1 is 1.03 bits per heavy atom. The molecule has 8 nitrogen and oxygen atoms in total. The molecule has 0 aliphatic heterocycles. The molecule has 1 amide bonds. The number of carbonyl (C=O) groups is 1. The van der Waals surface area contributed by atoms with E-state index in [-0.39, 0.29) is 10.7 Å². The van der Waals surface area contributed by atoms with E-state index in [1.54, 1.807) is 18.2 Å². The summed E-state index contributed by atoms with van der Waals surface area (Å²) in [5.41, 5.74) is 0.619. The standard InChI is InChI=1S/C19H23ClN2O6S/c1-12(19(23)21-16-8-7-14(26-2)11-18(16)28-4)22(29(5,24)25)13-6-9-17(27-3)15(20)10-13/h6-12H,1-5H3,(H,21,23)/t12-/m1/s1. The van der Waals surface area contributed by atoms with Crippen molar-refractivity contribution in [3.05, 3.63) is 41.4 Å². The monoisotopic (exact) mass is 442 g/mol. The van der Waals surface area contributed by atoms with Gasteiger partial charge in [0.1, 0.15) is 23.3 Å². The fourth-order valence-electron chi connectivity index (χ4n) is 2.74. The van der Waals surface area contributed by atoms with E-state index in [9.17, 15) is 13.2 Å². The highest BCUT2D eigenvalue weighted by Gasteiger charge is 2.30. The number of benzene rings is 2. The van der Waals surface area contributed by atoms with Crippen LogP contribution in [-0.4, -0.2) is 48.0 Å². The Bertz CT molecular complexity index is 996. The van der Waals surface area contributed by atoms with Crippen LogP contribution in [0.5, 0.6) is 17.2 Å². The van der Waals surface area contributed by atoms with Gasteiger partial charge < -0.3 is 19.5 Å². The second kappa shape index (κ2) is 9.23. The molecule has 29 heavy (non-hydrogen) atoms. The Kier molecular flexibility index (Phi) is 7.21. The minimum absolute atomic E-state index is 0.225. The third-order valence-corrected chi connectivity index (χ3v) is 5.68. The Hall–Kier alpha value is -2.65. The van der Waals surface area contributed by atoms with Gasteiger partial charge in [0.2, 0.25) is 15.9 Å². The second-order valence-electron chi connectivity index (χ2n) is 6.11. The fraction of sp³-hybridized carbons (Fsp3) is 0.316. The van der Waals surface area contributed by atoms with Gasteiger partial charge >= 0.3 is 0 Å². The van der Waals surface area contributed by atoms with Gasteiger partial charge in [-0.1, -0.05) is 11.6 Å². The van der Waals surface area contributed by atoms with E-state index in [4.69, 9.17) is 25.8 Å². The number of sulfonamides is 1. The molecular formula is C19H23ClN2O6S. The highest BCUT2D eigenvalue weighted by atomic mass is 35.5. The summed E-state index contributed by atoms with van der Waals surface area (Å²) in [6.07, 6.45) is 1.02. The quantitative estimate of drug-likeness (QED) is 0.674. The molecule has 0 saturated carbocycles. The normalized spacial score (nSPS) is 12.1. The number of anilines is 2. The lowest BCUT2D eigenvalue weighted by Crippen LogP contribution is -2.45. The second-order valence-corrected chi connectivity index (χ2v) is 8.38. The van der Waals surface area contributed by atoms with Crippen LogP contribution in [0.15, 0.2) is 36.4 Å². The van der Waals surface area contributed by atoms with E-state index in [1.807, 2.05) is 0 Å². The van der Waals surface area contributed by atoms with Gasteiger partial charge in [-0.05, 0) is 37.3 Å². The summed E-state index contributed by atoms with van der Waals surface area (Å²) < 4.78 is 41.3. The molecule has 158 valence electrons. The molecule has 2 rings (SSSR count). The van der Waals surface area contributed by atoms with Crippen molar-refractivity contribution in [2.75, 3.05) is 37.2 Å². The maximum Gasteiger partial charge on any atom is 0.248 e. The van der Waals surface area contributed by atoms with Crippen LogP contribution in [0.3, 0.4) is 0 Å². The molecule has 0 radical (unpaired) electrons. The molecule has 2 aromatic rings. The molecular weight excluding hydrogens is 420 g/mol. The van der Waals surface area contributed by atoms with Crippen molar-refractivity contribution < 1.29 is 27.4 Å². The Balaban J connectivity index is 2.36. The number of rotatable bonds is 8. The number of halogens is 1. The molecule has 0 aromatic heterocycles. The highest BCUT2D eigenvalue weighted by molar-refractivity contribution is 7.92. The molecule has 1 N–H and O–H groups in total. The lowest BCUT2D eigenvalue weighted by Gasteiger charge is -2.28. The molecule has 0 saturated heterocycles. The molecule has 0 heterocycles. The van der Waals surface area contributed by atoms with Gasteiger partial charge in [0.15, 0.2) is 0 Å². The number of amides is 1. The maximum absolute atomic E-state index is 12.8. The van der Waals surface area contributed by atoms with Crippen LogP contribution in [0.1, 0.15) is 6.92 Å². The van der Waals surface area contributed by atoms with Crippen molar-refractivity contribution in [2.24, 2.45) is 0 Å². The van der Waals surface area contributed by atoms with Crippen LogP contribution < -0.4 is 23.8 Å². The Morgan fingerprint density at radius 2 is 1.69 bits per heavy atom. The van der Waals surface area contributed by atoms with E-state index < -0.39 is 22.0 Å². The largest absolute Gasteiger partial charge is 0.497 e. The number of carbonyl (C=O) groups excluding carboxylic acids is 1. The molecule has 0 unspecified atom stereocenters. The summed E-state index contributed by atoms with van der Waals surface area (Å²) in [5.74, 6) is 0.775. The average molecular weight is 443 g/mol. The van der Waals surface area contributed by atoms with Gasteiger partial charge in [-0.25, -0.2) is 8.42 Å². The van der Waals surface area contributed by atoms with E-state index in [1.165, 1.54) is 46.5 Å². The van der Waals surface area contributed by atoms with Crippen LogP contribution in [0, 0.1) is 0 Å². The first-order chi connectivity index (χ1) is 13.6. The molecule has 0 bridgehead atoms.